The molecule has 1 aliphatic rings. The minimum Gasteiger partial charge on any atom is -0.369 e. The quantitative estimate of drug-likeness (QED) is 0.791. The molecule has 0 spiro atoms. The number of benzene rings is 1. The molecular weight excluding hydrogens is 222 g/mol. The summed E-state index contributed by atoms with van der Waals surface area (Å²) in [4.78, 5) is 12.0. The molecule has 2 rings (SSSR count). The molecule has 0 radical (unpaired) electrons. The van der Waals surface area contributed by atoms with Gasteiger partial charge in [0.15, 0.2) is 0 Å². The fraction of sp³-hybridized carbons (Fsp3) is 0.438. The van der Waals surface area contributed by atoms with Crippen molar-refractivity contribution in [1.82, 2.24) is 0 Å². The van der Waals surface area contributed by atoms with Crippen molar-refractivity contribution < 1.29 is 4.79 Å². The molecule has 1 aromatic rings. The number of carbonyl (C=O) groups is 1. The Labute approximate surface area is 109 Å². The molecule has 1 amide bonds. The molecule has 2 nitrogen and oxygen atoms in total. The van der Waals surface area contributed by atoms with Crippen LogP contribution in [0.2, 0.25) is 0 Å². The Morgan fingerprint density at radius 1 is 1.33 bits per heavy atom. The highest BCUT2D eigenvalue weighted by molar-refractivity contribution is 5.89. The van der Waals surface area contributed by atoms with Crippen molar-refractivity contribution in [2.45, 2.75) is 44.4 Å². The lowest BCUT2D eigenvalue weighted by molar-refractivity contribution is -0.123. The molecular formula is C16H21NO. The van der Waals surface area contributed by atoms with Crippen LogP contribution >= 0.6 is 0 Å². The Morgan fingerprint density at radius 3 is 2.83 bits per heavy atom. The number of hydrogen-bond donors (Lipinski definition) is 1. The van der Waals surface area contributed by atoms with Crippen LogP contribution in [0.4, 0.5) is 0 Å². The summed E-state index contributed by atoms with van der Waals surface area (Å²) < 4.78 is 0. The standard InChI is InChI=1S/C16H21NO/c1-2-3-6-11-16(15(17)18)12-7-9-13-8-4-5-10-14(13)16/h4-5,7-10H,2-3,6,11-12H2,1H3,(H2,17,18). The third kappa shape index (κ3) is 2.20. The largest absolute Gasteiger partial charge is 0.369 e. The molecule has 0 saturated carbocycles. The lowest BCUT2D eigenvalue weighted by Gasteiger charge is -2.34. The summed E-state index contributed by atoms with van der Waals surface area (Å²) in [5, 5.41) is 0. The Kier molecular flexibility index (Phi) is 3.85. The second kappa shape index (κ2) is 5.38. The second-order valence-corrected chi connectivity index (χ2v) is 5.10. The van der Waals surface area contributed by atoms with Crippen molar-refractivity contribution >= 4 is 12.0 Å². The van der Waals surface area contributed by atoms with Crippen molar-refractivity contribution in [3.63, 3.8) is 0 Å². The zero-order valence-corrected chi connectivity index (χ0v) is 11.0. The Balaban J connectivity index is 2.36. The fourth-order valence-corrected chi connectivity index (χ4v) is 2.85. The number of amides is 1. The zero-order valence-electron chi connectivity index (χ0n) is 11.0. The molecule has 0 heterocycles. The molecule has 0 fully saturated rings. The number of primary amides is 1. The summed E-state index contributed by atoms with van der Waals surface area (Å²) in [6, 6.07) is 8.11. The number of unbranched alkanes of at least 4 members (excludes halogenated alkanes) is 2. The average Bonchev–Trinajstić information content (AvgIpc) is 2.39. The first-order chi connectivity index (χ1) is 8.70. The molecule has 96 valence electrons. The van der Waals surface area contributed by atoms with Crippen molar-refractivity contribution in [3.8, 4) is 0 Å². The highest BCUT2D eigenvalue weighted by atomic mass is 16.1. The zero-order chi connectivity index (χ0) is 13.0. The lowest BCUT2D eigenvalue weighted by atomic mass is 9.69. The van der Waals surface area contributed by atoms with Gasteiger partial charge < -0.3 is 5.73 Å². The summed E-state index contributed by atoms with van der Waals surface area (Å²) >= 11 is 0. The number of nitrogens with two attached hydrogens (primary N) is 1. The van der Waals surface area contributed by atoms with Gasteiger partial charge in [0.2, 0.25) is 5.91 Å². The van der Waals surface area contributed by atoms with Crippen LogP contribution in [0, 0.1) is 0 Å². The number of allylic oxidation sites excluding steroid dienone is 1. The normalized spacial score (nSPS) is 21.6. The van der Waals surface area contributed by atoms with Crippen LogP contribution in [-0.4, -0.2) is 5.91 Å². The van der Waals surface area contributed by atoms with Crippen LogP contribution in [0.15, 0.2) is 30.3 Å². The SMILES string of the molecule is CCCCCC1(C(N)=O)CC=Cc2ccccc21. The van der Waals surface area contributed by atoms with E-state index in [0.717, 1.165) is 43.2 Å². The summed E-state index contributed by atoms with van der Waals surface area (Å²) in [5.41, 5.74) is 7.49. The Hall–Kier alpha value is -1.57. The minimum atomic E-state index is -0.486. The first-order valence-electron chi connectivity index (χ1n) is 6.76. The highest BCUT2D eigenvalue weighted by Crippen LogP contribution is 2.39. The van der Waals surface area contributed by atoms with Gasteiger partial charge in [0.25, 0.3) is 0 Å². The maximum Gasteiger partial charge on any atom is 0.228 e. The predicted molar refractivity (Wildman–Crippen MR) is 75.1 cm³/mol. The van der Waals surface area contributed by atoms with Gasteiger partial charge in [-0.3, -0.25) is 4.79 Å². The molecule has 0 saturated heterocycles. The minimum absolute atomic E-state index is 0.185. The first-order valence-corrected chi connectivity index (χ1v) is 6.76. The average molecular weight is 243 g/mol. The van der Waals surface area contributed by atoms with E-state index >= 15 is 0 Å². The fourth-order valence-electron chi connectivity index (χ4n) is 2.85. The molecule has 1 aliphatic carbocycles. The van der Waals surface area contributed by atoms with E-state index in [9.17, 15) is 4.79 Å². The van der Waals surface area contributed by atoms with Crippen molar-refractivity contribution in [1.29, 1.82) is 0 Å². The van der Waals surface area contributed by atoms with Crippen LogP contribution in [0.25, 0.3) is 6.08 Å². The summed E-state index contributed by atoms with van der Waals surface area (Å²) in [6.07, 6.45) is 9.14. The van der Waals surface area contributed by atoms with E-state index in [-0.39, 0.29) is 5.91 Å². The lowest BCUT2D eigenvalue weighted by Crippen LogP contribution is -2.42. The number of carbonyl (C=O) groups excluding carboxylic acids is 1. The van der Waals surface area contributed by atoms with Crippen molar-refractivity contribution in [2.75, 3.05) is 0 Å². The van der Waals surface area contributed by atoms with Crippen LogP contribution in [0.3, 0.4) is 0 Å². The summed E-state index contributed by atoms with van der Waals surface area (Å²) in [7, 11) is 0. The van der Waals surface area contributed by atoms with Gasteiger partial charge in [0, 0.05) is 0 Å². The molecule has 1 unspecified atom stereocenters. The molecule has 0 aliphatic heterocycles. The van der Waals surface area contributed by atoms with E-state index in [0.29, 0.717) is 0 Å². The second-order valence-electron chi connectivity index (χ2n) is 5.10. The van der Waals surface area contributed by atoms with Gasteiger partial charge in [-0.2, -0.15) is 0 Å². The van der Waals surface area contributed by atoms with Crippen LogP contribution in [0.1, 0.15) is 50.2 Å². The molecule has 2 N–H and O–H groups in total. The van der Waals surface area contributed by atoms with Crippen LogP contribution < -0.4 is 5.73 Å². The number of rotatable bonds is 5. The van der Waals surface area contributed by atoms with Crippen LogP contribution in [-0.2, 0) is 10.2 Å². The third-order valence-corrected chi connectivity index (χ3v) is 3.92. The van der Waals surface area contributed by atoms with Gasteiger partial charge in [0.1, 0.15) is 0 Å². The maximum atomic E-state index is 12.0. The number of fused-ring (bicyclic) bond motifs is 1. The predicted octanol–water partition coefficient (Wildman–Crippen LogP) is 3.41. The monoisotopic (exact) mass is 243 g/mol. The van der Waals surface area contributed by atoms with E-state index in [1.807, 2.05) is 12.1 Å². The third-order valence-electron chi connectivity index (χ3n) is 3.92. The van der Waals surface area contributed by atoms with E-state index in [1.165, 1.54) is 0 Å². The van der Waals surface area contributed by atoms with E-state index in [1.54, 1.807) is 0 Å². The molecule has 1 atom stereocenters. The molecule has 0 aromatic heterocycles. The van der Waals surface area contributed by atoms with E-state index < -0.39 is 5.41 Å². The van der Waals surface area contributed by atoms with Crippen LogP contribution in [0.5, 0.6) is 0 Å². The summed E-state index contributed by atoms with van der Waals surface area (Å²) in [6.45, 7) is 2.17. The van der Waals surface area contributed by atoms with Crippen molar-refractivity contribution in [3.05, 3.63) is 41.5 Å². The van der Waals surface area contributed by atoms with Gasteiger partial charge in [-0.25, -0.2) is 0 Å². The van der Waals surface area contributed by atoms with Gasteiger partial charge in [-0.15, -0.1) is 0 Å². The van der Waals surface area contributed by atoms with Gasteiger partial charge in [0.05, 0.1) is 5.41 Å². The molecule has 0 bridgehead atoms. The Bertz CT molecular complexity index is 464. The maximum absolute atomic E-state index is 12.0. The summed E-state index contributed by atoms with van der Waals surface area (Å²) in [5.74, 6) is -0.185. The van der Waals surface area contributed by atoms with E-state index in [2.05, 4.69) is 31.2 Å². The Morgan fingerprint density at radius 2 is 2.11 bits per heavy atom. The molecule has 18 heavy (non-hydrogen) atoms. The topological polar surface area (TPSA) is 43.1 Å². The van der Waals surface area contributed by atoms with Gasteiger partial charge >= 0.3 is 0 Å². The van der Waals surface area contributed by atoms with Gasteiger partial charge in [-0.1, -0.05) is 62.6 Å². The molecule has 2 heteroatoms. The van der Waals surface area contributed by atoms with E-state index in [4.69, 9.17) is 5.73 Å². The smallest absolute Gasteiger partial charge is 0.228 e. The highest BCUT2D eigenvalue weighted by Gasteiger charge is 2.39. The molecule has 1 aromatic carbocycles. The number of hydrogen-bond acceptors (Lipinski definition) is 1. The van der Waals surface area contributed by atoms with Crippen molar-refractivity contribution in [2.24, 2.45) is 5.73 Å². The van der Waals surface area contributed by atoms with Gasteiger partial charge in [-0.05, 0) is 24.0 Å². The first kappa shape index (κ1) is 12.9.